The number of nitrogens with two attached hydrogens (primary N) is 1. The second-order valence-electron chi connectivity index (χ2n) is 5.98. The Labute approximate surface area is 125 Å². The third-order valence-electron chi connectivity index (χ3n) is 4.43. The fourth-order valence-corrected chi connectivity index (χ4v) is 3.37. The lowest BCUT2D eigenvalue weighted by atomic mass is 9.90. The summed E-state index contributed by atoms with van der Waals surface area (Å²) in [4.78, 5) is 14.5. The highest BCUT2D eigenvalue weighted by Gasteiger charge is 2.42. The predicted octanol–water partition coefficient (Wildman–Crippen LogP) is 0.877. The monoisotopic (exact) mass is 290 g/mol. The molecular formula is C16H22N2O3. The van der Waals surface area contributed by atoms with Gasteiger partial charge in [0, 0.05) is 19.6 Å². The average molecular weight is 290 g/mol. The summed E-state index contributed by atoms with van der Waals surface area (Å²) in [6, 6.07) is 9.46. The molecule has 5 nitrogen and oxygen atoms in total. The lowest BCUT2D eigenvalue weighted by Crippen LogP contribution is -2.57. The van der Waals surface area contributed by atoms with Crippen molar-refractivity contribution in [2.75, 3.05) is 26.7 Å². The molecule has 1 aromatic rings. The van der Waals surface area contributed by atoms with Gasteiger partial charge in [0.1, 0.15) is 0 Å². The quantitative estimate of drug-likeness (QED) is 0.834. The summed E-state index contributed by atoms with van der Waals surface area (Å²) >= 11 is 0. The summed E-state index contributed by atoms with van der Waals surface area (Å²) in [7, 11) is 1.38. The fourth-order valence-electron chi connectivity index (χ4n) is 3.37. The number of esters is 1. The van der Waals surface area contributed by atoms with E-state index < -0.39 is 11.5 Å². The van der Waals surface area contributed by atoms with Crippen molar-refractivity contribution < 1.29 is 14.3 Å². The number of likely N-dealkylation sites (tertiary alicyclic amines) is 1. The molecule has 3 atom stereocenters. The van der Waals surface area contributed by atoms with Gasteiger partial charge in [-0.25, -0.2) is 4.79 Å². The number of hydrogen-bond acceptors (Lipinski definition) is 5. The molecular weight excluding hydrogens is 268 g/mol. The third-order valence-corrected chi connectivity index (χ3v) is 4.43. The molecule has 0 amide bonds. The highest BCUT2D eigenvalue weighted by atomic mass is 16.5. The number of fused-ring (bicyclic) bond motifs is 2. The van der Waals surface area contributed by atoms with E-state index in [0.717, 1.165) is 31.5 Å². The number of carbonyl (C=O) groups excluding carboxylic acids is 1. The van der Waals surface area contributed by atoms with Crippen LogP contribution in [0.5, 0.6) is 0 Å². The van der Waals surface area contributed by atoms with Gasteiger partial charge in [-0.1, -0.05) is 30.3 Å². The van der Waals surface area contributed by atoms with Crippen molar-refractivity contribution in [3.05, 3.63) is 35.9 Å². The van der Waals surface area contributed by atoms with Crippen molar-refractivity contribution in [2.45, 2.75) is 30.6 Å². The van der Waals surface area contributed by atoms with Crippen LogP contribution in [0.4, 0.5) is 0 Å². The van der Waals surface area contributed by atoms with Crippen molar-refractivity contribution in [1.82, 2.24) is 4.90 Å². The van der Waals surface area contributed by atoms with Crippen LogP contribution in [0.25, 0.3) is 0 Å². The van der Waals surface area contributed by atoms with Crippen molar-refractivity contribution >= 4 is 5.97 Å². The molecule has 2 saturated heterocycles. The number of benzene rings is 1. The van der Waals surface area contributed by atoms with E-state index in [1.165, 1.54) is 7.11 Å². The van der Waals surface area contributed by atoms with Gasteiger partial charge in [-0.3, -0.25) is 4.90 Å². The Hall–Kier alpha value is -1.43. The van der Waals surface area contributed by atoms with Crippen LogP contribution in [0.15, 0.2) is 30.3 Å². The Balaban J connectivity index is 1.81. The topological polar surface area (TPSA) is 64.8 Å². The summed E-state index contributed by atoms with van der Waals surface area (Å²) in [5, 5.41) is 0. The molecule has 0 aromatic heterocycles. The highest BCUT2D eigenvalue weighted by Crippen LogP contribution is 2.29. The minimum Gasteiger partial charge on any atom is -0.467 e. The van der Waals surface area contributed by atoms with Crippen molar-refractivity contribution in [3.8, 4) is 0 Å². The van der Waals surface area contributed by atoms with Crippen LogP contribution < -0.4 is 5.73 Å². The number of methoxy groups -OCH3 is 1. The van der Waals surface area contributed by atoms with Crippen molar-refractivity contribution in [1.29, 1.82) is 0 Å². The molecule has 3 rings (SSSR count). The largest absolute Gasteiger partial charge is 0.467 e. The SMILES string of the molecule is COC(=O)C(N)(CN1CC2CCC(C1)O2)c1ccccc1. The molecule has 1 aromatic carbocycles. The second kappa shape index (κ2) is 5.75. The lowest BCUT2D eigenvalue weighted by molar-refractivity contribution is -0.149. The van der Waals surface area contributed by atoms with Gasteiger partial charge in [0.15, 0.2) is 5.54 Å². The molecule has 2 N–H and O–H groups in total. The summed E-state index contributed by atoms with van der Waals surface area (Å²) in [6.07, 6.45) is 2.76. The van der Waals surface area contributed by atoms with E-state index in [0.29, 0.717) is 6.54 Å². The van der Waals surface area contributed by atoms with Crippen LogP contribution in [0, 0.1) is 0 Å². The lowest BCUT2D eigenvalue weighted by Gasteiger charge is -2.37. The van der Waals surface area contributed by atoms with Crippen molar-refractivity contribution in [2.24, 2.45) is 5.73 Å². The Morgan fingerprint density at radius 1 is 1.33 bits per heavy atom. The Morgan fingerprint density at radius 3 is 2.52 bits per heavy atom. The molecule has 0 spiro atoms. The Kier molecular flexibility index (Phi) is 3.97. The van der Waals surface area contributed by atoms with E-state index >= 15 is 0 Å². The minimum atomic E-state index is -1.13. The van der Waals surface area contributed by atoms with Crippen LogP contribution in [-0.2, 0) is 19.8 Å². The zero-order valence-corrected chi connectivity index (χ0v) is 12.3. The van der Waals surface area contributed by atoms with Crippen molar-refractivity contribution in [3.63, 3.8) is 0 Å². The van der Waals surface area contributed by atoms with Gasteiger partial charge in [-0.05, 0) is 18.4 Å². The summed E-state index contributed by atoms with van der Waals surface area (Å²) < 4.78 is 10.8. The van der Waals surface area contributed by atoms with Gasteiger partial charge in [-0.15, -0.1) is 0 Å². The number of hydrogen-bond donors (Lipinski definition) is 1. The van der Waals surface area contributed by atoms with Gasteiger partial charge in [0.05, 0.1) is 19.3 Å². The number of ether oxygens (including phenoxy) is 2. The van der Waals surface area contributed by atoms with E-state index in [1.54, 1.807) is 0 Å². The smallest absolute Gasteiger partial charge is 0.331 e. The van der Waals surface area contributed by atoms with E-state index in [-0.39, 0.29) is 12.2 Å². The third kappa shape index (κ3) is 2.81. The van der Waals surface area contributed by atoms with Crippen LogP contribution in [0.2, 0.25) is 0 Å². The molecule has 2 heterocycles. The predicted molar refractivity (Wildman–Crippen MR) is 78.7 cm³/mol. The first-order valence-corrected chi connectivity index (χ1v) is 7.42. The zero-order valence-electron chi connectivity index (χ0n) is 12.3. The molecule has 21 heavy (non-hydrogen) atoms. The maximum Gasteiger partial charge on any atom is 0.331 e. The minimum absolute atomic E-state index is 0.279. The molecule has 2 aliphatic heterocycles. The van der Waals surface area contributed by atoms with Crippen LogP contribution >= 0.6 is 0 Å². The molecule has 2 aliphatic rings. The maximum absolute atomic E-state index is 12.3. The van der Waals surface area contributed by atoms with E-state index in [9.17, 15) is 4.79 Å². The molecule has 2 fully saturated rings. The average Bonchev–Trinajstić information content (AvgIpc) is 2.86. The fraction of sp³-hybridized carbons (Fsp3) is 0.562. The zero-order chi connectivity index (χ0) is 14.9. The Bertz CT molecular complexity index is 496. The second-order valence-corrected chi connectivity index (χ2v) is 5.98. The normalized spacial score (nSPS) is 28.1. The molecule has 0 radical (unpaired) electrons. The van der Waals surface area contributed by atoms with Crippen LogP contribution in [0.3, 0.4) is 0 Å². The Morgan fingerprint density at radius 2 is 1.95 bits per heavy atom. The molecule has 3 unspecified atom stereocenters. The molecule has 5 heteroatoms. The van der Waals surface area contributed by atoms with Gasteiger partial charge >= 0.3 is 5.97 Å². The molecule has 0 aliphatic carbocycles. The van der Waals surface area contributed by atoms with Crippen LogP contribution in [0.1, 0.15) is 18.4 Å². The van der Waals surface area contributed by atoms with Gasteiger partial charge in [-0.2, -0.15) is 0 Å². The molecule has 2 bridgehead atoms. The highest BCUT2D eigenvalue weighted by molar-refractivity contribution is 5.82. The first-order valence-electron chi connectivity index (χ1n) is 7.42. The maximum atomic E-state index is 12.3. The standard InChI is InChI=1S/C16H22N2O3/c1-20-15(19)16(17,12-5-3-2-4-6-12)11-18-9-13-7-8-14(10-18)21-13/h2-6,13-14H,7-11,17H2,1H3. The molecule has 114 valence electrons. The van der Waals surface area contributed by atoms with Crippen LogP contribution in [-0.4, -0.2) is 49.8 Å². The van der Waals surface area contributed by atoms with Gasteiger partial charge in [0.25, 0.3) is 0 Å². The first kappa shape index (κ1) is 14.5. The first-order chi connectivity index (χ1) is 10.1. The summed E-state index contributed by atoms with van der Waals surface area (Å²) in [5.74, 6) is -0.396. The number of morpholine rings is 1. The number of carbonyl (C=O) groups is 1. The number of nitrogens with zero attached hydrogens (tertiary/aromatic N) is 1. The van der Waals surface area contributed by atoms with E-state index in [2.05, 4.69) is 4.90 Å². The van der Waals surface area contributed by atoms with E-state index in [1.807, 2.05) is 30.3 Å². The summed E-state index contributed by atoms with van der Waals surface area (Å²) in [6.45, 7) is 2.12. The van der Waals surface area contributed by atoms with E-state index in [4.69, 9.17) is 15.2 Å². The molecule has 0 saturated carbocycles. The summed E-state index contributed by atoms with van der Waals surface area (Å²) in [5.41, 5.74) is 6.11. The van der Waals surface area contributed by atoms with Gasteiger partial charge < -0.3 is 15.2 Å². The number of rotatable bonds is 4. The van der Waals surface area contributed by atoms with Gasteiger partial charge in [0.2, 0.25) is 0 Å².